The van der Waals surface area contributed by atoms with E-state index in [2.05, 4.69) is 16.9 Å². The van der Waals surface area contributed by atoms with Gasteiger partial charge in [0.25, 0.3) is 0 Å². The third-order valence-electron chi connectivity index (χ3n) is 3.25. The van der Waals surface area contributed by atoms with E-state index < -0.39 is 5.97 Å². The summed E-state index contributed by atoms with van der Waals surface area (Å²) >= 11 is 0. The molecule has 1 heterocycles. The second kappa shape index (κ2) is 9.32. The third kappa shape index (κ3) is 6.10. The molecule has 0 saturated heterocycles. The summed E-state index contributed by atoms with van der Waals surface area (Å²) in [4.78, 5) is 19.5. The minimum atomic E-state index is -1.07. The van der Waals surface area contributed by atoms with Gasteiger partial charge in [0, 0.05) is 5.92 Å². The van der Waals surface area contributed by atoms with Gasteiger partial charge in [-0.25, -0.2) is 14.8 Å². The molecule has 0 radical (unpaired) electrons. The van der Waals surface area contributed by atoms with Crippen molar-refractivity contribution in [3.05, 3.63) is 17.7 Å². The van der Waals surface area contributed by atoms with Crippen molar-refractivity contribution in [3.8, 4) is 5.75 Å². The zero-order valence-corrected chi connectivity index (χ0v) is 13.3. The Hall–Kier alpha value is -1.65. The third-order valence-corrected chi connectivity index (χ3v) is 3.25. The number of carboxylic acids is 1. The maximum absolute atomic E-state index is 11.2. The van der Waals surface area contributed by atoms with Crippen molar-refractivity contribution in [2.75, 3.05) is 6.61 Å². The fourth-order valence-electron chi connectivity index (χ4n) is 1.99. The number of aromatic nitrogens is 2. The molecule has 0 spiro atoms. The van der Waals surface area contributed by atoms with Crippen molar-refractivity contribution in [1.82, 2.24) is 9.97 Å². The highest BCUT2D eigenvalue weighted by atomic mass is 16.5. The number of hydrogen-bond acceptors (Lipinski definition) is 4. The highest BCUT2D eigenvalue weighted by Gasteiger charge is 2.16. The largest absolute Gasteiger partial charge is 0.489 e. The van der Waals surface area contributed by atoms with Crippen LogP contribution in [0, 0.1) is 0 Å². The van der Waals surface area contributed by atoms with E-state index in [1.165, 1.54) is 31.9 Å². The van der Waals surface area contributed by atoms with E-state index in [1.54, 1.807) is 0 Å². The molecule has 0 aromatic carbocycles. The van der Waals surface area contributed by atoms with Gasteiger partial charge < -0.3 is 9.84 Å². The first-order chi connectivity index (χ1) is 10.1. The fraction of sp³-hybridized carbons (Fsp3) is 0.688. The van der Waals surface area contributed by atoms with Gasteiger partial charge in [-0.2, -0.15) is 0 Å². The molecule has 0 aliphatic carbocycles. The summed E-state index contributed by atoms with van der Waals surface area (Å²) in [7, 11) is 0. The summed E-state index contributed by atoms with van der Waals surface area (Å²) in [6.07, 6.45) is 8.46. The predicted molar refractivity (Wildman–Crippen MR) is 82.0 cm³/mol. The van der Waals surface area contributed by atoms with Crippen LogP contribution in [0.2, 0.25) is 0 Å². The molecule has 1 aromatic rings. The Labute approximate surface area is 126 Å². The molecule has 5 heteroatoms. The topological polar surface area (TPSA) is 72.3 Å². The first-order valence-corrected chi connectivity index (χ1v) is 7.79. The van der Waals surface area contributed by atoms with Crippen LogP contribution in [-0.4, -0.2) is 27.7 Å². The van der Waals surface area contributed by atoms with Gasteiger partial charge >= 0.3 is 5.97 Å². The van der Waals surface area contributed by atoms with Gasteiger partial charge in [0.15, 0.2) is 11.4 Å². The van der Waals surface area contributed by atoms with Crippen molar-refractivity contribution < 1.29 is 14.6 Å². The molecule has 0 amide bonds. The molecular weight excluding hydrogens is 268 g/mol. The molecule has 5 nitrogen and oxygen atoms in total. The van der Waals surface area contributed by atoms with Crippen LogP contribution >= 0.6 is 0 Å². The SMILES string of the molecule is CCCCCCCCOc1cnc(C(C)C)nc1C(=O)O. The Morgan fingerprint density at radius 2 is 1.90 bits per heavy atom. The molecule has 0 unspecified atom stereocenters. The lowest BCUT2D eigenvalue weighted by atomic mass is 10.1. The lowest BCUT2D eigenvalue weighted by Gasteiger charge is -2.10. The molecule has 0 aliphatic rings. The number of hydrogen-bond donors (Lipinski definition) is 1. The lowest BCUT2D eigenvalue weighted by molar-refractivity contribution is 0.0684. The quantitative estimate of drug-likeness (QED) is 0.659. The smallest absolute Gasteiger partial charge is 0.358 e. The van der Waals surface area contributed by atoms with Crippen LogP contribution in [0.3, 0.4) is 0 Å². The standard InChI is InChI=1S/C16H26N2O3/c1-4-5-6-7-8-9-10-21-13-11-17-15(12(2)3)18-14(13)16(19)20/h11-12H,4-10H2,1-3H3,(H,19,20). The minimum absolute atomic E-state index is 0.0420. The Balaban J connectivity index is 2.49. The second-order valence-corrected chi connectivity index (χ2v) is 5.52. The first-order valence-electron chi connectivity index (χ1n) is 7.79. The zero-order valence-electron chi connectivity index (χ0n) is 13.3. The van der Waals surface area contributed by atoms with Gasteiger partial charge in [-0.1, -0.05) is 52.9 Å². The summed E-state index contributed by atoms with van der Waals surface area (Å²) in [6.45, 7) is 6.56. The molecule has 1 rings (SSSR count). The summed E-state index contributed by atoms with van der Waals surface area (Å²) in [5.41, 5.74) is -0.0420. The minimum Gasteiger partial charge on any atom is -0.489 e. The Morgan fingerprint density at radius 1 is 1.24 bits per heavy atom. The van der Waals surface area contributed by atoms with Gasteiger partial charge in [0.05, 0.1) is 12.8 Å². The number of aromatic carboxylic acids is 1. The van der Waals surface area contributed by atoms with E-state index in [4.69, 9.17) is 4.74 Å². The van der Waals surface area contributed by atoms with Crippen molar-refractivity contribution >= 4 is 5.97 Å². The molecule has 118 valence electrons. The van der Waals surface area contributed by atoms with E-state index in [0.717, 1.165) is 12.8 Å². The van der Waals surface area contributed by atoms with Gasteiger partial charge in [0.1, 0.15) is 5.82 Å². The molecule has 1 N–H and O–H groups in total. The Kier molecular flexibility index (Phi) is 7.72. The van der Waals surface area contributed by atoms with E-state index >= 15 is 0 Å². The first kappa shape index (κ1) is 17.4. The van der Waals surface area contributed by atoms with Gasteiger partial charge in [-0.05, 0) is 6.42 Å². The zero-order chi connectivity index (χ0) is 15.7. The summed E-state index contributed by atoms with van der Waals surface area (Å²) in [5, 5.41) is 9.20. The van der Waals surface area contributed by atoms with Crippen LogP contribution in [0.15, 0.2) is 6.20 Å². The maximum Gasteiger partial charge on any atom is 0.358 e. The van der Waals surface area contributed by atoms with E-state index in [-0.39, 0.29) is 17.4 Å². The van der Waals surface area contributed by atoms with Crippen LogP contribution in [-0.2, 0) is 0 Å². The number of carbonyl (C=O) groups is 1. The van der Waals surface area contributed by atoms with Crippen LogP contribution in [0.25, 0.3) is 0 Å². The van der Waals surface area contributed by atoms with Crippen LogP contribution in [0.1, 0.15) is 81.5 Å². The molecule has 0 bridgehead atoms. The van der Waals surface area contributed by atoms with Crippen molar-refractivity contribution in [3.63, 3.8) is 0 Å². The second-order valence-electron chi connectivity index (χ2n) is 5.52. The average molecular weight is 294 g/mol. The fourth-order valence-corrected chi connectivity index (χ4v) is 1.99. The number of unbranched alkanes of at least 4 members (excludes halogenated alkanes) is 5. The van der Waals surface area contributed by atoms with Crippen LogP contribution in [0.4, 0.5) is 0 Å². The van der Waals surface area contributed by atoms with Crippen LogP contribution < -0.4 is 4.74 Å². The maximum atomic E-state index is 11.2. The van der Waals surface area contributed by atoms with E-state index in [1.807, 2.05) is 13.8 Å². The monoisotopic (exact) mass is 294 g/mol. The Bertz CT molecular complexity index is 447. The predicted octanol–water partition coefficient (Wildman–Crippen LogP) is 4.04. The summed E-state index contributed by atoms with van der Waals surface area (Å²) in [5.74, 6) is -0.187. The van der Waals surface area contributed by atoms with Gasteiger partial charge in [0.2, 0.25) is 0 Å². The molecule has 0 fully saturated rings. The Morgan fingerprint density at radius 3 is 2.52 bits per heavy atom. The van der Waals surface area contributed by atoms with Crippen molar-refractivity contribution in [2.45, 2.75) is 65.2 Å². The van der Waals surface area contributed by atoms with E-state index in [9.17, 15) is 9.90 Å². The normalized spacial score (nSPS) is 10.9. The number of ether oxygens (including phenoxy) is 1. The van der Waals surface area contributed by atoms with Gasteiger partial charge in [-0.15, -0.1) is 0 Å². The van der Waals surface area contributed by atoms with Crippen molar-refractivity contribution in [2.24, 2.45) is 0 Å². The number of rotatable bonds is 10. The highest BCUT2D eigenvalue weighted by molar-refractivity contribution is 5.88. The molecule has 0 aliphatic heterocycles. The van der Waals surface area contributed by atoms with E-state index in [0.29, 0.717) is 12.4 Å². The molecule has 1 aromatic heterocycles. The molecule has 21 heavy (non-hydrogen) atoms. The highest BCUT2D eigenvalue weighted by Crippen LogP contribution is 2.19. The van der Waals surface area contributed by atoms with Crippen molar-refractivity contribution in [1.29, 1.82) is 0 Å². The molecule has 0 saturated carbocycles. The number of nitrogens with zero attached hydrogens (tertiary/aromatic N) is 2. The summed E-state index contributed by atoms with van der Waals surface area (Å²) < 4.78 is 5.53. The summed E-state index contributed by atoms with van der Waals surface area (Å²) in [6, 6.07) is 0. The number of carboxylic acid groups (broad SMARTS) is 1. The average Bonchev–Trinajstić information content (AvgIpc) is 2.46. The molecule has 0 atom stereocenters. The van der Waals surface area contributed by atoms with Crippen LogP contribution in [0.5, 0.6) is 5.75 Å². The molecular formula is C16H26N2O3. The van der Waals surface area contributed by atoms with Gasteiger partial charge in [-0.3, -0.25) is 0 Å². The lowest BCUT2D eigenvalue weighted by Crippen LogP contribution is -2.10.